The van der Waals surface area contributed by atoms with Crippen molar-refractivity contribution in [3.05, 3.63) is 72.1 Å². The molecule has 0 N–H and O–H groups in total. The highest BCUT2D eigenvalue weighted by atomic mass is 35.5. The van der Waals surface area contributed by atoms with Gasteiger partial charge in [0, 0.05) is 16.8 Å². The van der Waals surface area contributed by atoms with E-state index in [9.17, 15) is 0 Å². The Balaban J connectivity index is 1.74. The summed E-state index contributed by atoms with van der Waals surface area (Å²) in [4.78, 5) is 9.06. The molecule has 2 heterocycles. The third kappa shape index (κ3) is 2.34. The van der Waals surface area contributed by atoms with Crippen LogP contribution in [-0.2, 0) is 0 Å². The second kappa shape index (κ2) is 5.24. The summed E-state index contributed by atoms with van der Waals surface area (Å²) in [6.45, 7) is 0. The number of hydrogen-bond donors (Lipinski definition) is 0. The van der Waals surface area contributed by atoms with Gasteiger partial charge in [-0.15, -0.1) is 0 Å². The molecule has 22 heavy (non-hydrogen) atoms. The standard InChI is InChI=1S/C17H11ClN4/c18-13-5-7-14(8-6-13)22-11-12(9-20-22)17-10-19-15-3-1-2-4-16(15)21-17/h1-11H. The highest BCUT2D eigenvalue weighted by Gasteiger charge is 2.06. The molecule has 0 fully saturated rings. The Labute approximate surface area is 132 Å². The van der Waals surface area contributed by atoms with Gasteiger partial charge in [-0.3, -0.25) is 4.98 Å². The Morgan fingerprint density at radius 2 is 1.64 bits per heavy atom. The predicted octanol–water partition coefficient (Wildman–Crippen LogP) is 4.14. The molecular weight excluding hydrogens is 296 g/mol. The molecule has 2 aromatic carbocycles. The topological polar surface area (TPSA) is 43.6 Å². The largest absolute Gasteiger partial charge is 0.252 e. The van der Waals surface area contributed by atoms with Gasteiger partial charge in [-0.25, -0.2) is 9.67 Å². The molecule has 106 valence electrons. The lowest BCUT2D eigenvalue weighted by molar-refractivity contribution is 0.881. The summed E-state index contributed by atoms with van der Waals surface area (Å²) in [7, 11) is 0. The molecule has 0 amide bonds. The van der Waals surface area contributed by atoms with Crippen LogP contribution in [0, 0.1) is 0 Å². The van der Waals surface area contributed by atoms with E-state index in [1.165, 1.54) is 0 Å². The van der Waals surface area contributed by atoms with Crippen molar-refractivity contribution in [2.45, 2.75) is 0 Å². The molecule has 0 bridgehead atoms. The maximum absolute atomic E-state index is 5.91. The summed E-state index contributed by atoms with van der Waals surface area (Å²) < 4.78 is 1.79. The summed E-state index contributed by atoms with van der Waals surface area (Å²) in [5, 5.41) is 5.08. The van der Waals surface area contributed by atoms with Gasteiger partial charge in [0.15, 0.2) is 0 Å². The lowest BCUT2D eigenvalue weighted by Crippen LogP contribution is -1.93. The van der Waals surface area contributed by atoms with Gasteiger partial charge in [-0.05, 0) is 36.4 Å². The first-order valence-corrected chi connectivity index (χ1v) is 7.20. The molecule has 5 heteroatoms. The minimum absolute atomic E-state index is 0.705. The molecule has 2 aromatic heterocycles. The molecule has 4 rings (SSSR count). The summed E-state index contributed by atoms with van der Waals surface area (Å²) in [5.41, 5.74) is 4.44. The van der Waals surface area contributed by atoms with Gasteiger partial charge < -0.3 is 0 Å². The van der Waals surface area contributed by atoms with Crippen LogP contribution in [0.15, 0.2) is 67.1 Å². The number of nitrogens with zero attached hydrogens (tertiary/aromatic N) is 4. The van der Waals surface area contributed by atoms with Crippen LogP contribution in [0.1, 0.15) is 0 Å². The van der Waals surface area contributed by atoms with E-state index >= 15 is 0 Å². The van der Waals surface area contributed by atoms with Crippen molar-refractivity contribution in [3.8, 4) is 16.9 Å². The van der Waals surface area contributed by atoms with Crippen molar-refractivity contribution in [3.63, 3.8) is 0 Å². The number of hydrogen-bond acceptors (Lipinski definition) is 3. The lowest BCUT2D eigenvalue weighted by atomic mass is 10.2. The van der Waals surface area contributed by atoms with E-state index in [4.69, 9.17) is 11.6 Å². The van der Waals surface area contributed by atoms with Crippen LogP contribution in [0.25, 0.3) is 28.0 Å². The number of para-hydroxylation sites is 2. The van der Waals surface area contributed by atoms with Crippen LogP contribution in [0.5, 0.6) is 0 Å². The van der Waals surface area contributed by atoms with Crippen LogP contribution < -0.4 is 0 Å². The first kappa shape index (κ1) is 13.0. The molecule has 0 saturated carbocycles. The second-order valence-corrected chi connectivity index (χ2v) is 5.33. The first-order chi connectivity index (χ1) is 10.8. The molecule has 0 aliphatic heterocycles. The number of fused-ring (bicyclic) bond motifs is 1. The molecule has 0 unspecified atom stereocenters. The zero-order chi connectivity index (χ0) is 14.9. The average Bonchev–Trinajstić information content (AvgIpc) is 3.05. The van der Waals surface area contributed by atoms with E-state index in [-0.39, 0.29) is 0 Å². The summed E-state index contributed by atoms with van der Waals surface area (Å²) in [6.07, 6.45) is 5.49. The molecule has 0 radical (unpaired) electrons. The van der Waals surface area contributed by atoms with Crippen molar-refractivity contribution < 1.29 is 0 Å². The fourth-order valence-corrected chi connectivity index (χ4v) is 2.41. The van der Waals surface area contributed by atoms with Gasteiger partial charge in [-0.2, -0.15) is 5.10 Å². The molecule has 0 aliphatic carbocycles. The van der Waals surface area contributed by atoms with Crippen molar-refractivity contribution >= 4 is 22.6 Å². The smallest absolute Gasteiger partial charge is 0.0924 e. The molecule has 0 aliphatic rings. The minimum atomic E-state index is 0.705. The summed E-state index contributed by atoms with van der Waals surface area (Å²) >= 11 is 5.91. The molecule has 4 aromatic rings. The molecule has 0 saturated heterocycles. The van der Waals surface area contributed by atoms with Gasteiger partial charge in [0.25, 0.3) is 0 Å². The quantitative estimate of drug-likeness (QED) is 0.559. The number of aromatic nitrogens is 4. The first-order valence-electron chi connectivity index (χ1n) is 6.82. The average molecular weight is 307 g/mol. The fourth-order valence-electron chi connectivity index (χ4n) is 2.29. The monoisotopic (exact) mass is 306 g/mol. The molecule has 0 atom stereocenters. The maximum Gasteiger partial charge on any atom is 0.0924 e. The van der Waals surface area contributed by atoms with Crippen LogP contribution in [0.2, 0.25) is 5.02 Å². The highest BCUT2D eigenvalue weighted by Crippen LogP contribution is 2.20. The number of halogens is 1. The van der Waals surface area contributed by atoms with Gasteiger partial charge in [-0.1, -0.05) is 23.7 Å². The SMILES string of the molecule is Clc1ccc(-n2cc(-c3cnc4ccccc4n3)cn2)cc1. The van der Waals surface area contributed by atoms with E-state index < -0.39 is 0 Å². The summed E-state index contributed by atoms with van der Waals surface area (Å²) in [5.74, 6) is 0. The Morgan fingerprint density at radius 1 is 0.864 bits per heavy atom. The molecular formula is C17H11ClN4. The molecule has 0 spiro atoms. The van der Waals surface area contributed by atoms with Crippen molar-refractivity contribution in [1.29, 1.82) is 0 Å². The van der Waals surface area contributed by atoms with Crippen molar-refractivity contribution in [2.24, 2.45) is 0 Å². The zero-order valence-corrected chi connectivity index (χ0v) is 12.3. The van der Waals surface area contributed by atoms with E-state index in [1.807, 2.05) is 54.7 Å². The van der Waals surface area contributed by atoms with Crippen LogP contribution in [-0.4, -0.2) is 19.7 Å². The fraction of sp³-hybridized carbons (Fsp3) is 0. The van der Waals surface area contributed by atoms with Gasteiger partial charge >= 0.3 is 0 Å². The predicted molar refractivity (Wildman–Crippen MR) is 87.1 cm³/mol. The number of benzene rings is 2. The lowest BCUT2D eigenvalue weighted by Gasteiger charge is -2.01. The highest BCUT2D eigenvalue weighted by molar-refractivity contribution is 6.30. The Morgan fingerprint density at radius 3 is 2.45 bits per heavy atom. The Bertz CT molecular complexity index is 944. The zero-order valence-electron chi connectivity index (χ0n) is 11.5. The normalized spacial score (nSPS) is 11.0. The number of rotatable bonds is 2. The third-order valence-electron chi connectivity index (χ3n) is 3.42. The minimum Gasteiger partial charge on any atom is -0.252 e. The van der Waals surface area contributed by atoms with Crippen LogP contribution in [0.4, 0.5) is 0 Å². The van der Waals surface area contributed by atoms with E-state index in [2.05, 4.69) is 15.1 Å². The van der Waals surface area contributed by atoms with E-state index in [0.717, 1.165) is 28.0 Å². The second-order valence-electron chi connectivity index (χ2n) is 4.89. The van der Waals surface area contributed by atoms with E-state index in [0.29, 0.717) is 5.02 Å². The Kier molecular flexibility index (Phi) is 3.09. The van der Waals surface area contributed by atoms with Gasteiger partial charge in [0.2, 0.25) is 0 Å². The maximum atomic E-state index is 5.91. The van der Waals surface area contributed by atoms with Crippen LogP contribution in [0.3, 0.4) is 0 Å². The Hall–Kier alpha value is -2.72. The summed E-state index contributed by atoms with van der Waals surface area (Å²) in [6, 6.07) is 15.3. The van der Waals surface area contributed by atoms with Gasteiger partial charge in [0.1, 0.15) is 0 Å². The van der Waals surface area contributed by atoms with E-state index in [1.54, 1.807) is 17.1 Å². The van der Waals surface area contributed by atoms with Crippen molar-refractivity contribution in [2.75, 3.05) is 0 Å². The van der Waals surface area contributed by atoms with Crippen molar-refractivity contribution in [1.82, 2.24) is 19.7 Å². The van der Waals surface area contributed by atoms with Crippen LogP contribution >= 0.6 is 11.6 Å². The molecule has 4 nitrogen and oxygen atoms in total. The van der Waals surface area contributed by atoms with Gasteiger partial charge in [0.05, 0.1) is 34.8 Å². The third-order valence-corrected chi connectivity index (χ3v) is 3.67.